The molecule has 34 heavy (non-hydrogen) atoms. The van der Waals surface area contributed by atoms with Crippen LogP contribution in [0.25, 0.3) is 11.3 Å². The van der Waals surface area contributed by atoms with Gasteiger partial charge in [-0.1, -0.05) is 0 Å². The van der Waals surface area contributed by atoms with Crippen molar-refractivity contribution in [2.24, 2.45) is 0 Å². The van der Waals surface area contributed by atoms with Gasteiger partial charge in [0.25, 0.3) is 5.91 Å². The van der Waals surface area contributed by atoms with Crippen LogP contribution < -0.4 is 4.72 Å². The van der Waals surface area contributed by atoms with E-state index in [9.17, 15) is 18.0 Å². The Hall–Kier alpha value is -3.28. The van der Waals surface area contributed by atoms with E-state index in [0.29, 0.717) is 29.5 Å². The van der Waals surface area contributed by atoms with Crippen molar-refractivity contribution < 1.29 is 18.0 Å². The van der Waals surface area contributed by atoms with Crippen molar-refractivity contribution in [2.45, 2.75) is 43.2 Å². The Morgan fingerprint density at radius 1 is 1.06 bits per heavy atom. The van der Waals surface area contributed by atoms with Crippen LogP contribution >= 0.6 is 11.9 Å². The molecule has 1 atom stereocenters. The number of carbonyl (C=O) groups excluding carboxylic acids is 1. The molecule has 3 aromatic heterocycles. The Labute approximate surface area is 197 Å². The number of amides is 1. The fraction of sp³-hybridized carbons (Fsp3) is 0.364. The number of nitrogens with one attached hydrogen (secondary N) is 1. The zero-order chi connectivity index (χ0) is 23.7. The summed E-state index contributed by atoms with van der Waals surface area (Å²) in [5.74, 6) is 0.267. The predicted octanol–water partition coefficient (Wildman–Crippen LogP) is 4.55. The largest absolute Gasteiger partial charge is 0.434 e. The van der Waals surface area contributed by atoms with Crippen molar-refractivity contribution in [2.75, 3.05) is 11.3 Å². The van der Waals surface area contributed by atoms with Gasteiger partial charge in [0.1, 0.15) is 5.69 Å². The van der Waals surface area contributed by atoms with Crippen LogP contribution in [-0.4, -0.2) is 47.5 Å². The van der Waals surface area contributed by atoms with Gasteiger partial charge in [0.05, 0.1) is 29.8 Å². The molecule has 1 amide bonds. The number of carbonyl (C=O) groups is 1. The number of halogens is 3. The van der Waals surface area contributed by atoms with E-state index >= 15 is 0 Å². The fourth-order valence-electron chi connectivity index (χ4n) is 3.71. The van der Waals surface area contributed by atoms with Crippen LogP contribution in [0.1, 0.15) is 53.6 Å². The van der Waals surface area contributed by atoms with Crippen LogP contribution in [0.5, 0.6) is 0 Å². The number of alkyl halides is 3. The molecule has 3 aromatic rings. The second kappa shape index (κ2) is 9.16. The van der Waals surface area contributed by atoms with Crippen LogP contribution in [-0.2, 0) is 6.18 Å². The van der Waals surface area contributed by atoms with Gasteiger partial charge < -0.3 is 4.90 Å². The molecule has 5 rings (SSSR count). The van der Waals surface area contributed by atoms with E-state index in [4.69, 9.17) is 0 Å². The zero-order valence-electron chi connectivity index (χ0n) is 17.9. The lowest BCUT2D eigenvalue weighted by Crippen LogP contribution is -2.31. The summed E-state index contributed by atoms with van der Waals surface area (Å²) in [4.78, 5) is 35.2. The standard InChI is InChI=1S/C22H20F3N7OS/c23-22(24,25)19-12-26-11-17(29-19)13-3-6-16(28-10-13)20(33)32-9-1-2-18(32)15-7-8-27-21(30-15)31-34-14-4-5-14/h3,6-8,10-12,14,18H,1-2,4-5,9H2,(H,27,30,31). The average Bonchev–Trinajstić information content (AvgIpc) is 3.55. The Morgan fingerprint density at radius 3 is 2.65 bits per heavy atom. The molecule has 2 aliphatic rings. The first-order chi connectivity index (χ1) is 16.4. The molecule has 0 spiro atoms. The molecule has 1 aliphatic carbocycles. The minimum absolute atomic E-state index is 0.0328. The number of anilines is 1. The highest BCUT2D eigenvalue weighted by atomic mass is 32.2. The summed E-state index contributed by atoms with van der Waals surface area (Å²) < 4.78 is 42.0. The first-order valence-electron chi connectivity index (χ1n) is 10.8. The molecule has 2 fully saturated rings. The van der Waals surface area contributed by atoms with Crippen LogP contribution in [0, 0.1) is 0 Å². The topological polar surface area (TPSA) is 96.8 Å². The van der Waals surface area contributed by atoms with Gasteiger partial charge in [-0.05, 0) is 55.8 Å². The molecule has 4 heterocycles. The third-order valence-corrected chi connectivity index (χ3v) is 6.68. The molecule has 0 radical (unpaired) electrons. The van der Waals surface area contributed by atoms with E-state index in [1.807, 2.05) is 6.07 Å². The summed E-state index contributed by atoms with van der Waals surface area (Å²) in [5.41, 5.74) is 0.250. The summed E-state index contributed by atoms with van der Waals surface area (Å²) in [6.45, 7) is 0.565. The zero-order valence-corrected chi connectivity index (χ0v) is 18.7. The van der Waals surface area contributed by atoms with Crippen molar-refractivity contribution >= 4 is 23.8 Å². The lowest BCUT2D eigenvalue weighted by Gasteiger charge is -2.24. The summed E-state index contributed by atoms with van der Waals surface area (Å²) in [5, 5.41) is 0.604. The van der Waals surface area contributed by atoms with Crippen LogP contribution in [0.4, 0.5) is 19.1 Å². The summed E-state index contributed by atoms with van der Waals surface area (Å²) in [7, 11) is 0. The predicted molar refractivity (Wildman–Crippen MR) is 120 cm³/mol. The Bertz CT molecular complexity index is 1190. The first kappa shape index (κ1) is 22.5. The summed E-state index contributed by atoms with van der Waals surface area (Å²) in [6, 6.07) is 4.63. The summed E-state index contributed by atoms with van der Waals surface area (Å²) >= 11 is 1.61. The molecule has 176 valence electrons. The van der Waals surface area contributed by atoms with Crippen molar-refractivity contribution in [3.63, 3.8) is 0 Å². The second-order valence-corrected chi connectivity index (χ2v) is 9.21. The summed E-state index contributed by atoms with van der Waals surface area (Å²) in [6.07, 6.45) is 4.31. The number of hydrogen-bond acceptors (Lipinski definition) is 8. The quantitative estimate of drug-likeness (QED) is 0.506. The maximum atomic E-state index is 13.2. The molecular weight excluding hydrogens is 467 g/mol. The van der Waals surface area contributed by atoms with Crippen molar-refractivity contribution in [3.8, 4) is 11.3 Å². The minimum atomic E-state index is -4.59. The SMILES string of the molecule is O=C(c1ccc(-c2cncc(C(F)(F)F)n2)cn1)N1CCCC1c1ccnc(NSC2CC2)n1. The van der Waals surface area contributed by atoms with Gasteiger partial charge in [0.15, 0.2) is 5.69 Å². The molecule has 8 nitrogen and oxygen atoms in total. The number of hydrogen-bond donors (Lipinski definition) is 1. The highest BCUT2D eigenvalue weighted by Gasteiger charge is 2.34. The van der Waals surface area contributed by atoms with Crippen LogP contribution in [0.3, 0.4) is 0 Å². The van der Waals surface area contributed by atoms with E-state index in [1.165, 1.54) is 37.4 Å². The van der Waals surface area contributed by atoms with E-state index < -0.39 is 11.9 Å². The monoisotopic (exact) mass is 487 g/mol. The highest BCUT2D eigenvalue weighted by molar-refractivity contribution is 8.01. The third kappa shape index (κ3) is 4.96. The smallest absolute Gasteiger partial charge is 0.329 e. The molecule has 1 N–H and O–H groups in total. The number of nitrogens with zero attached hydrogens (tertiary/aromatic N) is 6. The molecule has 0 bridgehead atoms. The van der Waals surface area contributed by atoms with E-state index in [1.54, 1.807) is 23.0 Å². The maximum Gasteiger partial charge on any atom is 0.434 e. The van der Waals surface area contributed by atoms with Gasteiger partial charge in [-0.3, -0.25) is 19.5 Å². The Morgan fingerprint density at radius 2 is 1.91 bits per heavy atom. The highest BCUT2D eigenvalue weighted by Crippen LogP contribution is 2.35. The number of aromatic nitrogens is 5. The van der Waals surface area contributed by atoms with Gasteiger partial charge in [-0.15, -0.1) is 0 Å². The van der Waals surface area contributed by atoms with Gasteiger partial charge >= 0.3 is 6.18 Å². The average molecular weight is 488 g/mol. The first-order valence-corrected chi connectivity index (χ1v) is 11.7. The molecular formula is C22H20F3N7OS. The molecule has 1 saturated heterocycles. The molecule has 1 unspecified atom stereocenters. The number of rotatable bonds is 6. The lowest BCUT2D eigenvalue weighted by atomic mass is 10.1. The van der Waals surface area contributed by atoms with Crippen molar-refractivity contribution in [3.05, 3.63) is 60.1 Å². The molecule has 1 saturated carbocycles. The Balaban J connectivity index is 1.32. The molecule has 1 aliphatic heterocycles. The van der Waals surface area contributed by atoms with Crippen molar-refractivity contribution in [1.29, 1.82) is 0 Å². The van der Waals surface area contributed by atoms with E-state index in [-0.39, 0.29) is 23.3 Å². The van der Waals surface area contributed by atoms with Gasteiger partial charge in [-0.2, -0.15) is 13.2 Å². The van der Waals surface area contributed by atoms with Crippen LogP contribution in [0.15, 0.2) is 43.0 Å². The molecule has 0 aromatic carbocycles. The van der Waals surface area contributed by atoms with E-state index in [2.05, 4.69) is 29.6 Å². The van der Waals surface area contributed by atoms with Crippen LogP contribution in [0.2, 0.25) is 0 Å². The second-order valence-electron chi connectivity index (χ2n) is 8.10. The molecule has 12 heteroatoms. The Kier molecular flexibility index (Phi) is 6.07. The van der Waals surface area contributed by atoms with Gasteiger partial charge in [-0.25, -0.2) is 15.0 Å². The fourth-order valence-corrected chi connectivity index (χ4v) is 4.45. The lowest BCUT2D eigenvalue weighted by molar-refractivity contribution is -0.141. The third-order valence-electron chi connectivity index (χ3n) is 5.58. The maximum absolute atomic E-state index is 13.2. The van der Waals surface area contributed by atoms with E-state index in [0.717, 1.165) is 18.5 Å². The normalized spacial score (nSPS) is 18.2. The number of likely N-dealkylation sites (tertiary alicyclic amines) is 1. The van der Waals surface area contributed by atoms with Gasteiger partial charge in [0, 0.05) is 29.8 Å². The van der Waals surface area contributed by atoms with Crippen molar-refractivity contribution in [1.82, 2.24) is 29.8 Å². The number of pyridine rings is 1. The minimum Gasteiger partial charge on any atom is -0.329 e. The van der Waals surface area contributed by atoms with Gasteiger partial charge in [0.2, 0.25) is 5.95 Å².